The van der Waals surface area contributed by atoms with Crippen molar-refractivity contribution in [3.05, 3.63) is 102 Å². The van der Waals surface area contributed by atoms with Crippen molar-refractivity contribution < 1.29 is 34.0 Å². The summed E-state index contributed by atoms with van der Waals surface area (Å²) in [5, 5.41) is 20.5. The largest absolute Gasteiger partial charge is 0.493 e. The molecule has 0 bridgehead atoms. The minimum absolute atomic E-state index is 0.119. The highest BCUT2D eigenvalue weighted by molar-refractivity contribution is 5.87. The summed E-state index contributed by atoms with van der Waals surface area (Å²) < 4.78 is 17.4. The van der Waals surface area contributed by atoms with Crippen molar-refractivity contribution in [2.45, 2.75) is 85.5 Å². The molecule has 0 radical (unpaired) electrons. The maximum absolute atomic E-state index is 12.1. The van der Waals surface area contributed by atoms with Crippen molar-refractivity contribution in [1.82, 2.24) is 0 Å². The van der Waals surface area contributed by atoms with Gasteiger partial charge < -0.3 is 24.4 Å². The molecule has 0 amide bonds. The molecule has 3 aromatic rings. The first-order valence-corrected chi connectivity index (χ1v) is 17.9. The SMILES string of the molecule is C=C(C)C(=O)OCCCc1cc(-c2ccc(-c3ccccc3)c(CC)c2)cc(CCCOC(=O)C(=C)C)c1OCCC(CO)(CO)CCCC. The van der Waals surface area contributed by atoms with Crippen LogP contribution in [0.4, 0.5) is 0 Å². The Morgan fingerprint density at radius 3 is 1.74 bits per heavy atom. The van der Waals surface area contributed by atoms with E-state index in [4.69, 9.17) is 14.2 Å². The molecule has 0 heterocycles. The van der Waals surface area contributed by atoms with Crippen LogP contribution in [0.15, 0.2) is 85.0 Å². The minimum atomic E-state index is -0.624. The van der Waals surface area contributed by atoms with Crippen molar-refractivity contribution in [3.63, 3.8) is 0 Å². The van der Waals surface area contributed by atoms with Crippen molar-refractivity contribution >= 4 is 11.9 Å². The second-order valence-electron chi connectivity index (χ2n) is 13.3. The molecule has 7 nitrogen and oxygen atoms in total. The number of hydrogen-bond donors (Lipinski definition) is 2. The molecule has 0 spiro atoms. The maximum atomic E-state index is 12.1. The molecule has 0 saturated carbocycles. The average molecular weight is 685 g/mol. The number of rotatable bonds is 22. The van der Waals surface area contributed by atoms with E-state index in [9.17, 15) is 19.8 Å². The Kier molecular flexibility index (Phi) is 16.5. The highest BCUT2D eigenvalue weighted by Gasteiger charge is 2.28. The summed E-state index contributed by atoms with van der Waals surface area (Å²) in [6, 6.07) is 21.3. The van der Waals surface area contributed by atoms with E-state index in [0.717, 1.165) is 47.3 Å². The number of aliphatic hydroxyl groups is 2. The van der Waals surface area contributed by atoms with Crippen LogP contribution in [-0.2, 0) is 38.3 Å². The topological polar surface area (TPSA) is 102 Å². The van der Waals surface area contributed by atoms with Gasteiger partial charge in [0.1, 0.15) is 5.75 Å². The number of carbonyl (C=O) groups is 2. The van der Waals surface area contributed by atoms with Gasteiger partial charge >= 0.3 is 11.9 Å². The van der Waals surface area contributed by atoms with E-state index in [1.165, 1.54) is 16.7 Å². The lowest BCUT2D eigenvalue weighted by molar-refractivity contribution is -0.139. The second kappa shape index (κ2) is 20.5. The molecular formula is C43H56O7. The lowest BCUT2D eigenvalue weighted by Crippen LogP contribution is -2.32. The lowest BCUT2D eigenvalue weighted by atomic mass is 9.81. The summed E-state index contributed by atoms with van der Waals surface area (Å²) >= 11 is 0. The quantitative estimate of drug-likeness (QED) is 0.0621. The molecule has 0 fully saturated rings. The van der Waals surface area contributed by atoms with Crippen molar-refractivity contribution in [3.8, 4) is 28.0 Å². The molecule has 0 aliphatic rings. The van der Waals surface area contributed by atoms with Crippen LogP contribution in [-0.4, -0.2) is 55.2 Å². The Bertz CT molecular complexity index is 1510. The third-order valence-electron chi connectivity index (χ3n) is 9.10. The number of hydrogen-bond acceptors (Lipinski definition) is 7. The van der Waals surface area contributed by atoms with E-state index < -0.39 is 17.4 Å². The molecule has 3 aromatic carbocycles. The summed E-state index contributed by atoms with van der Waals surface area (Å²) in [5.74, 6) is -0.0902. The molecule has 270 valence electrons. The summed E-state index contributed by atoms with van der Waals surface area (Å²) in [5.41, 5.74) is 7.78. The molecule has 0 aliphatic heterocycles. The first-order valence-electron chi connectivity index (χ1n) is 17.9. The zero-order chi connectivity index (χ0) is 36.5. The van der Waals surface area contributed by atoms with Gasteiger partial charge in [0.25, 0.3) is 0 Å². The van der Waals surface area contributed by atoms with Crippen LogP contribution >= 0.6 is 0 Å². The summed E-state index contributed by atoms with van der Waals surface area (Å²) in [7, 11) is 0. The Balaban J connectivity index is 2.04. The molecule has 3 rings (SSSR count). The van der Waals surface area contributed by atoms with Crippen LogP contribution in [0.3, 0.4) is 0 Å². The molecule has 0 aromatic heterocycles. The highest BCUT2D eigenvalue weighted by atomic mass is 16.5. The number of ether oxygens (including phenoxy) is 3. The van der Waals surface area contributed by atoms with Crippen molar-refractivity contribution in [2.75, 3.05) is 33.0 Å². The summed E-state index contributed by atoms with van der Waals surface area (Å²) in [6.07, 6.45) is 6.29. The molecule has 7 heteroatoms. The number of esters is 2. The number of aryl methyl sites for hydroxylation is 3. The fourth-order valence-electron chi connectivity index (χ4n) is 5.96. The number of carbonyl (C=O) groups excluding carboxylic acids is 2. The fourth-order valence-corrected chi connectivity index (χ4v) is 5.96. The molecule has 0 atom stereocenters. The average Bonchev–Trinajstić information content (AvgIpc) is 3.13. The Morgan fingerprint density at radius 1 is 0.680 bits per heavy atom. The normalized spacial score (nSPS) is 11.2. The minimum Gasteiger partial charge on any atom is -0.493 e. The smallest absolute Gasteiger partial charge is 0.333 e. The van der Waals surface area contributed by atoms with Gasteiger partial charge in [0.15, 0.2) is 0 Å². The third-order valence-corrected chi connectivity index (χ3v) is 9.10. The van der Waals surface area contributed by atoms with Gasteiger partial charge in [-0.15, -0.1) is 0 Å². The Morgan fingerprint density at radius 2 is 1.24 bits per heavy atom. The summed E-state index contributed by atoms with van der Waals surface area (Å²) in [6.45, 7) is 15.4. The van der Waals surface area contributed by atoms with Crippen LogP contribution in [0.2, 0.25) is 0 Å². The number of unbranched alkanes of at least 4 members (excludes halogenated alkanes) is 1. The van der Waals surface area contributed by atoms with E-state index in [-0.39, 0.29) is 26.4 Å². The first-order chi connectivity index (χ1) is 24.1. The van der Waals surface area contributed by atoms with Crippen LogP contribution in [0, 0.1) is 5.41 Å². The predicted octanol–water partition coefficient (Wildman–Crippen LogP) is 8.62. The van der Waals surface area contributed by atoms with Crippen LogP contribution < -0.4 is 4.74 Å². The zero-order valence-electron chi connectivity index (χ0n) is 30.5. The maximum Gasteiger partial charge on any atom is 0.333 e. The summed E-state index contributed by atoms with van der Waals surface area (Å²) in [4.78, 5) is 24.2. The van der Waals surface area contributed by atoms with E-state index >= 15 is 0 Å². The van der Waals surface area contributed by atoms with E-state index in [0.29, 0.717) is 56.3 Å². The Hall–Kier alpha value is -4.20. The fraction of sp³-hybridized carbons (Fsp3) is 0.442. The first kappa shape index (κ1) is 40.2. The van der Waals surface area contributed by atoms with E-state index in [1.54, 1.807) is 13.8 Å². The van der Waals surface area contributed by atoms with Gasteiger partial charge in [0.05, 0.1) is 33.0 Å². The van der Waals surface area contributed by atoms with Gasteiger partial charge in [-0.1, -0.05) is 88.4 Å². The molecule has 0 unspecified atom stereocenters. The lowest BCUT2D eigenvalue weighted by Gasteiger charge is -2.30. The van der Waals surface area contributed by atoms with Gasteiger partial charge in [0, 0.05) is 16.6 Å². The zero-order valence-corrected chi connectivity index (χ0v) is 30.5. The van der Waals surface area contributed by atoms with Gasteiger partial charge in [-0.05, 0) is 110 Å². The van der Waals surface area contributed by atoms with Crippen molar-refractivity contribution in [2.24, 2.45) is 5.41 Å². The standard InChI is InChI=1S/C43H56O7/c1-7-9-21-43(29-44,30-45)22-25-48-40-36(17-13-23-49-41(46)31(3)4)27-38(28-37(40)18-14-24-50-42(47)32(5)6)35-19-20-39(33(8-2)26-35)34-15-11-10-12-16-34/h10-12,15-16,19-20,26-28,44-45H,3,5,7-9,13-14,17-18,21-25,29-30H2,1-2,4,6H3. The van der Waals surface area contributed by atoms with E-state index in [2.05, 4.69) is 81.6 Å². The van der Waals surface area contributed by atoms with Gasteiger partial charge in [0.2, 0.25) is 0 Å². The van der Waals surface area contributed by atoms with Crippen LogP contribution in [0.5, 0.6) is 5.75 Å². The van der Waals surface area contributed by atoms with Crippen LogP contribution in [0.1, 0.15) is 82.9 Å². The van der Waals surface area contributed by atoms with E-state index in [1.807, 2.05) is 6.07 Å². The molecule has 50 heavy (non-hydrogen) atoms. The number of benzene rings is 3. The Labute approximate surface area is 299 Å². The molecule has 0 aliphatic carbocycles. The third kappa shape index (κ3) is 11.7. The molecular weight excluding hydrogens is 628 g/mol. The van der Waals surface area contributed by atoms with Gasteiger partial charge in [-0.25, -0.2) is 9.59 Å². The molecule has 0 saturated heterocycles. The van der Waals surface area contributed by atoms with Crippen LogP contribution in [0.25, 0.3) is 22.3 Å². The predicted molar refractivity (Wildman–Crippen MR) is 201 cm³/mol. The second-order valence-corrected chi connectivity index (χ2v) is 13.3. The number of aliphatic hydroxyl groups excluding tert-OH is 2. The van der Waals surface area contributed by atoms with Gasteiger partial charge in [-0.2, -0.15) is 0 Å². The molecule has 2 N–H and O–H groups in total. The highest BCUT2D eigenvalue weighted by Crippen LogP contribution is 2.36. The monoisotopic (exact) mass is 684 g/mol. The van der Waals surface area contributed by atoms with Gasteiger partial charge in [-0.3, -0.25) is 0 Å². The van der Waals surface area contributed by atoms with Crippen molar-refractivity contribution in [1.29, 1.82) is 0 Å².